The maximum absolute atomic E-state index is 14.4. The number of hydrogen-bond acceptors (Lipinski definition) is 5. The highest BCUT2D eigenvalue weighted by molar-refractivity contribution is 5.83. The van der Waals surface area contributed by atoms with Crippen molar-refractivity contribution in [1.29, 1.82) is 0 Å². The van der Waals surface area contributed by atoms with Gasteiger partial charge in [0.2, 0.25) is 0 Å². The van der Waals surface area contributed by atoms with Crippen LogP contribution < -0.4 is 0 Å². The van der Waals surface area contributed by atoms with E-state index in [0.29, 0.717) is 0 Å². The number of alkyl halides is 2. The molecule has 8 heteroatoms. The van der Waals surface area contributed by atoms with Crippen LogP contribution in [-0.2, 0) is 19.1 Å². The quantitative estimate of drug-likeness (QED) is 0.721. The molecule has 0 saturated carbocycles. The summed E-state index contributed by atoms with van der Waals surface area (Å²) in [6.07, 6.45) is -1.27. The Hall–Kier alpha value is -1.73. The number of carbonyl (C=O) groups is 3. The van der Waals surface area contributed by atoms with Gasteiger partial charge in [0.1, 0.15) is 11.4 Å². The third-order valence-electron chi connectivity index (χ3n) is 3.42. The van der Waals surface area contributed by atoms with Crippen LogP contribution in [0, 0.1) is 5.41 Å². The number of hydrogen-bond donors (Lipinski definition) is 0. The van der Waals surface area contributed by atoms with Gasteiger partial charge in [0, 0.05) is 19.5 Å². The Bertz CT molecular complexity index is 493. The lowest BCUT2D eigenvalue weighted by atomic mass is 9.70. The summed E-state index contributed by atoms with van der Waals surface area (Å²) in [7, 11) is 0. The van der Waals surface area contributed by atoms with Crippen molar-refractivity contribution < 1.29 is 32.6 Å². The molecule has 0 N–H and O–H groups in total. The van der Waals surface area contributed by atoms with Crippen LogP contribution in [-0.4, -0.2) is 54.0 Å². The number of nitrogens with zero attached hydrogens (tertiary/aromatic N) is 1. The first-order valence-electron chi connectivity index (χ1n) is 7.37. The Balaban J connectivity index is 2.92. The molecule has 1 amide bonds. The van der Waals surface area contributed by atoms with Gasteiger partial charge >= 0.3 is 18.0 Å². The van der Waals surface area contributed by atoms with Crippen LogP contribution in [0.2, 0.25) is 0 Å². The van der Waals surface area contributed by atoms with Gasteiger partial charge in [-0.1, -0.05) is 0 Å². The maximum Gasteiger partial charge on any atom is 0.410 e. The van der Waals surface area contributed by atoms with Gasteiger partial charge in [-0.25, -0.2) is 9.59 Å². The van der Waals surface area contributed by atoms with Crippen molar-refractivity contribution in [2.75, 3.05) is 19.7 Å². The van der Waals surface area contributed by atoms with Crippen LogP contribution >= 0.6 is 0 Å². The van der Waals surface area contributed by atoms with E-state index in [0.717, 1.165) is 4.90 Å². The number of Topliss-reactive ketones (excluding diaryl/α,β-unsaturated/α-hetero) is 1. The highest BCUT2D eigenvalue weighted by atomic mass is 19.3. The van der Waals surface area contributed by atoms with Crippen molar-refractivity contribution in [3.05, 3.63) is 0 Å². The summed E-state index contributed by atoms with van der Waals surface area (Å²) in [4.78, 5) is 35.9. The van der Waals surface area contributed by atoms with E-state index in [2.05, 4.69) is 4.74 Å². The zero-order chi connectivity index (χ0) is 18.1. The van der Waals surface area contributed by atoms with Gasteiger partial charge in [0.15, 0.2) is 0 Å². The zero-order valence-electron chi connectivity index (χ0n) is 14.1. The van der Waals surface area contributed by atoms with Crippen LogP contribution in [0.3, 0.4) is 0 Å². The first kappa shape index (κ1) is 19.3. The monoisotopic (exact) mass is 335 g/mol. The summed E-state index contributed by atoms with van der Waals surface area (Å²) in [5.41, 5.74) is -2.71. The molecular weight excluding hydrogens is 312 g/mol. The minimum Gasteiger partial charge on any atom is -0.462 e. The van der Waals surface area contributed by atoms with Gasteiger partial charge in [0.05, 0.1) is 12.0 Å². The average molecular weight is 335 g/mol. The third kappa shape index (κ3) is 4.17. The largest absolute Gasteiger partial charge is 0.462 e. The smallest absolute Gasteiger partial charge is 0.410 e. The molecule has 1 aliphatic rings. The molecule has 1 fully saturated rings. The van der Waals surface area contributed by atoms with Crippen LogP contribution in [0.25, 0.3) is 0 Å². The molecule has 6 nitrogen and oxygen atoms in total. The van der Waals surface area contributed by atoms with Crippen molar-refractivity contribution in [3.63, 3.8) is 0 Å². The molecule has 1 heterocycles. The molecule has 1 aliphatic heterocycles. The van der Waals surface area contributed by atoms with E-state index in [9.17, 15) is 23.2 Å². The number of likely N-dealkylation sites (tertiary alicyclic amines) is 1. The molecule has 0 aromatic rings. The number of ether oxygens (including phenoxy) is 2. The summed E-state index contributed by atoms with van der Waals surface area (Å²) in [5.74, 6) is -6.02. The van der Waals surface area contributed by atoms with E-state index in [4.69, 9.17) is 4.74 Å². The van der Waals surface area contributed by atoms with Crippen LogP contribution in [0.1, 0.15) is 41.0 Å². The number of amides is 1. The molecule has 0 bridgehead atoms. The van der Waals surface area contributed by atoms with Crippen LogP contribution in [0.15, 0.2) is 0 Å². The number of rotatable bonds is 5. The molecule has 0 aromatic carbocycles. The molecule has 0 spiro atoms. The van der Waals surface area contributed by atoms with E-state index >= 15 is 0 Å². The number of carbonyl (C=O) groups excluding carboxylic acids is 3. The average Bonchev–Trinajstić information content (AvgIpc) is 2.30. The van der Waals surface area contributed by atoms with Gasteiger partial charge < -0.3 is 19.2 Å². The Morgan fingerprint density at radius 2 is 1.70 bits per heavy atom. The van der Waals surface area contributed by atoms with Gasteiger partial charge in [-0.15, -0.1) is 0 Å². The predicted molar refractivity (Wildman–Crippen MR) is 77.1 cm³/mol. The fourth-order valence-electron chi connectivity index (χ4n) is 2.48. The number of halogens is 2. The predicted octanol–water partition coefficient (Wildman–Crippen LogP) is 2.40. The molecule has 0 unspecified atom stereocenters. The van der Waals surface area contributed by atoms with Gasteiger partial charge in [-0.3, -0.25) is 0 Å². The lowest BCUT2D eigenvalue weighted by molar-refractivity contribution is -0.216. The summed E-state index contributed by atoms with van der Waals surface area (Å²) >= 11 is 0. The van der Waals surface area contributed by atoms with E-state index in [-0.39, 0.29) is 6.61 Å². The second-order valence-electron chi connectivity index (χ2n) is 6.79. The Morgan fingerprint density at radius 3 is 2.09 bits per heavy atom. The fourth-order valence-corrected chi connectivity index (χ4v) is 2.48. The van der Waals surface area contributed by atoms with Crippen molar-refractivity contribution in [3.8, 4) is 0 Å². The van der Waals surface area contributed by atoms with E-state index in [1.807, 2.05) is 0 Å². The lowest BCUT2D eigenvalue weighted by Gasteiger charge is -2.51. The minimum atomic E-state index is -3.85. The van der Waals surface area contributed by atoms with Gasteiger partial charge in [-0.05, 0) is 34.6 Å². The molecule has 23 heavy (non-hydrogen) atoms. The SMILES string of the molecule is CCOC(=O)C(F)(F)C1(CC(C)=O)CN(C(=O)OC(C)(C)C)C1. The molecule has 0 aliphatic carbocycles. The first-order chi connectivity index (χ1) is 10.3. The van der Waals surface area contributed by atoms with Crippen molar-refractivity contribution in [2.24, 2.45) is 5.41 Å². The number of esters is 1. The normalized spacial score (nSPS) is 17.3. The lowest BCUT2D eigenvalue weighted by Crippen LogP contribution is -2.69. The third-order valence-corrected chi connectivity index (χ3v) is 3.42. The van der Waals surface area contributed by atoms with E-state index in [1.54, 1.807) is 20.8 Å². The summed E-state index contributed by atoms with van der Waals surface area (Å²) in [5, 5.41) is 0. The second-order valence-corrected chi connectivity index (χ2v) is 6.79. The van der Waals surface area contributed by atoms with E-state index in [1.165, 1.54) is 13.8 Å². The Morgan fingerprint density at radius 1 is 1.17 bits per heavy atom. The molecule has 1 saturated heterocycles. The molecule has 0 aromatic heterocycles. The maximum atomic E-state index is 14.4. The highest BCUT2D eigenvalue weighted by Crippen LogP contribution is 2.48. The van der Waals surface area contributed by atoms with Crippen molar-refractivity contribution in [2.45, 2.75) is 52.6 Å². The zero-order valence-corrected chi connectivity index (χ0v) is 14.1. The standard InChI is InChI=1S/C15H23F2NO5/c1-6-22-11(20)15(16,17)14(7-10(2)19)8-18(9-14)12(21)23-13(3,4)5/h6-9H2,1-5H3. The highest BCUT2D eigenvalue weighted by Gasteiger charge is 2.67. The van der Waals surface area contributed by atoms with Crippen LogP contribution in [0.4, 0.5) is 13.6 Å². The van der Waals surface area contributed by atoms with Gasteiger partial charge in [0.25, 0.3) is 0 Å². The molecule has 0 atom stereocenters. The topological polar surface area (TPSA) is 72.9 Å². The minimum absolute atomic E-state index is 0.194. The second kappa shape index (κ2) is 6.41. The van der Waals surface area contributed by atoms with Crippen LogP contribution in [0.5, 0.6) is 0 Å². The summed E-state index contributed by atoms with van der Waals surface area (Å²) in [6, 6.07) is 0. The Labute approximate surface area is 134 Å². The van der Waals surface area contributed by atoms with Crippen molar-refractivity contribution in [1.82, 2.24) is 4.90 Å². The van der Waals surface area contributed by atoms with Crippen molar-refractivity contribution >= 4 is 17.8 Å². The Kier molecular flexibility index (Phi) is 5.38. The summed E-state index contributed by atoms with van der Waals surface area (Å²) < 4.78 is 38.4. The molecule has 0 radical (unpaired) electrons. The fraction of sp³-hybridized carbons (Fsp3) is 0.800. The molecule has 1 rings (SSSR count). The first-order valence-corrected chi connectivity index (χ1v) is 7.37. The van der Waals surface area contributed by atoms with Gasteiger partial charge in [-0.2, -0.15) is 8.78 Å². The summed E-state index contributed by atoms with van der Waals surface area (Å²) in [6.45, 7) is 6.47. The van der Waals surface area contributed by atoms with E-state index < -0.39 is 54.3 Å². The molecule has 132 valence electrons. The number of ketones is 1. The molecular formula is C15H23F2NO5.